The highest BCUT2D eigenvalue weighted by atomic mass is 16.7. The van der Waals surface area contributed by atoms with Crippen molar-refractivity contribution in [2.45, 2.75) is 25.7 Å². The van der Waals surface area contributed by atoms with Crippen LogP contribution in [0, 0.1) is 0 Å². The van der Waals surface area contributed by atoms with Gasteiger partial charge in [0.2, 0.25) is 6.79 Å². The van der Waals surface area contributed by atoms with Crippen molar-refractivity contribution in [1.29, 1.82) is 0 Å². The van der Waals surface area contributed by atoms with Crippen molar-refractivity contribution in [2.75, 3.05) is 6.79 Å². The van der Waals surface area contributed by atoms with Gasteiger partial charge in [-0.3, -0.25) is 4.79 Å². The molecule has 0 amide bonds. The van der Waals surface area contributed by atoms with Gasteiger partial charge < -0.3 is 14.5 Å². The van der Waals surface area contributed by atoms with Gasteiger partial charge in [0.1, 0.15) is 5.82 Å². The molecule has 1 aromatic carbocycles. The fourth-order valence-corrected chi connectivity index (χ4v) is 2.78. The minimum atomic E-state index is -0.0117. The van der Waals surface area contributed by atoms with Crippen LogP contribution in [0.1, 0.15) is 24.1 Å². The largest absolute Gasteiger partial charge is 0.454 e. The summed E-state index contributed by atoms with van der Waals surface area (Å²) in [4.78, 5) is 19.6. The topological polar surface area (TPSA) is 64.2 Å². The number of aromatic nitrogens is 2. The number of nitrogens with zero attached hydrogens (tertiary/aromatic N) is 1. The molecule has 1 aliphatic carbocycles. The highest BCUT2D eigenvalue weighted by molar-refractivity contribution is 5.61. The zero-order valence-corrected chi connectivity index (χ0v) is 10.9. The number of hydrogen-bond donors (Lipinski definition) is 1. The Morgan fingerprint density at radius 1 is 1.10 bits per heavy atom. The number of fused-ring (bicyclic) bond motifs is 2. The molecular weight excluding hydrogens is 256 g/mol. The van der Waals surface area contributed by atoms with E-state index >= 15 is 0 Å². The van der Waals surface area contributed by atoms with E-state index in [1.165, 1.54) is 0 Å². The first-order valence-corrected chi connectivity index (χ1v) is 6.83. The highest BCUT2D eigenvalue weighted by Gasteiger charge is 2.18. The van der Waals surface area contributed by atoms with Crippen molar-refractivity contribution in [3.8, 4) is 22.9 Å². The first kappa shape index (κ1) is 11.5. The van der Waals surface area contributed by atoms with E-state index in [1.54, 1.807) is 0 Å². The first-order valence-electron chi connectivity index (χ1n) is 6.83. The van der Waals surface area contributed by atoms with E-state index in [0.717, 1.165) is 48.3 Å². The van der Waals surface area contributed by atoms with E-state index in [4.69, 9.17) is 9.47 Å². The Labute approximate surface area is 115 Å². The number of H-pyrrole nitrogens is 1. The summed E-state index contributed by atoms with van der Waals surface area (Å²) in [6.45, 7) is 0.243. The summed E-state index contributed by atoms with van der Waals surface area (Å²) < 4.78 is 10.7. The molecule has 20 heavy (non-hydrogen) atoms. The Hall–Kier alpha value is -2.30. The predicted molar refractivity (Wildman–Crippen MR) is 73.1 cm³/mol. The maximum Gasteiger partial charge on any atom is 0.254 e. The van der Waals surface area contributed by atoms with Gasteiger partial charge in [-0.15, -0.1) is 0 Å². The minimum Gasteiger partial charge on any atom is -0.454 e. The van der Waals surface area contributed by atoms with Gasteiger partial charge in [-0.1, -0.05) is 0 Å². The molecule has 5 heteroatoms. The lowest BCUT2D eigenvalue weighted by Crippen LogP contribution is -2.21. The summed E-state index contributed by atoms with van der Waals surface area (Å²) in [5.74, 6) is 2.03. The van der Waals surface area contributed by atoms with E-state index in [0.29, 0.717) is 11.6 Å². The molecule has 0 bridgehead atoms. The lowest BCUT2D eigenvalue weighted by Gasteiger charge is -2.14. The fourth-order valence-electron chi connectivity index (χ4n) is 2.78. The lowest BCUT2D eigenvalue weighted by molar-refractivity contribution is 0.174. The summed E-state index contributed by atoms with van der Waals surface area (Å²) in [6, 6.07) is 5.59. The predicted octanol–water partition coefficient (Wildman–Crippen LogP) is 2.04. The molecule has 1 aromatic heterocycles. The molecule has 1 aliphatic heterocycles. The SMILES string of the molecule is O=c1[nH]c(-c2ccc3c(c2)OCO3)nc2c1CCCC2. The maximum atomic E-state index is 12.1. The zero-order valence-electron chi connectivity index (χ0n) is 10.9. The lowest BCUT2D eigenvalue weighted by atomic mass is 9.97. The standard InChI is InChI=1S/C15H14N2O3/c18-15-10-3-1-2-4-11(10)16-14(17-15)9-5-6-12-13(7-9)20-8-19-12/h5-7H,1-4,8H2,(H,16,17,18). The van der Waals surface area contributed by atoms with E-state index in [2.05, 4.69) is 9.97 Å². The average molecular weight is 270 g/mol. The summed E-state index contributed by atoms with van der Waals surface area (Å²) >= 11 is 0. The fraction of sp³-hybridized carbons (Fsp3) is 0.333. The van der Waals surface area contributed by atoms with Crippen LogP contribution in [0.15, 0.2) is 23.0 Å². The minimum absolute atomic E-state index is 0.0117. The van der Waals surface area contributed by atoms with Crippen molar-refractivity contribution in [1.82, 2.24) is 9.97 Å². The average Bonchev–Trinajstić information content (AvgIpc) is 2.94. The molecule has 0 unspecified atom stereocenters. The monoisotopic (exact) mass is 270 g/mol. The van der Waals surface area contributed by atoms with Crippen LogP contribution in [-0.2, 0) is 12.8 Å². The van der Waals surface area contributed by atoms with Gasteiger partial charge in [0, 0.05) is 11.1 Å². The normalized spacial score (nSPS) is 16.0. The van der Waals surface area contributed by atoms with Crippen LogP contribution in [0.25, 0.3) is 11.4 Å². The van der Waals surface area contributed by atoms with Crippen molar-refractivity contribution >= 4 is 0 Å². The Morgan fingerprint density at radius 2 is 1.95 bits per heavy atom. The number of aryl methyl sites for hydroxylation is 1. The summed E-state index contributed by atoms with van der Waals surface area (Å²) in [6.07, 6.45) is 3.89. The molecule has 102 valence electrons. The second-order valence-electron chi connectivity index (χ2n) is 5.11. The van der Waals surface area contributed by atoms with Gasteiger partial charge in [-0.25, -0.2) is 4.98 Å². The Bertz CT molecular complexity index is 736. The van der Waals surface area contributed by atoms with Crippen LogP contribution in [-0.4, -0.2) is 16.8 Å². The van der Waals surface area contributed by atoms with Crippen molar-refractivity contribution in [2.24, 2.45) is 0 Å². The van der Waals surface area contributed by atoms with Crippen molar-refractivity contribution in [3.63, 3.8) is 0 Å². The van der Waals surface area contributed by atoms with Gasteiger partial charge in [0.25, 0.3) is 5.56 Å². The van der Waals surface area contributed by atoms with Crippen LogP contribution >= 0.6 is 0 Å². The number of aromatic amines is 1. The van der Waals surface area contributed by atoms with E-state index in [9.17, 15) is 4.79 Å². The quantitative estimate of drug-likeness (QED) is 0.861. The first-order chi connectivity index (χ1) is 9.81. The second-order valence-corrected chi connectivity index (χ2v) is 5.11. The molecule has 5 nitrogen and oxygen atoms in total. The number of benzene rings is 1. The number of hydrogen-bond acceptors (Lipinski definition) is 4. The number of ether oxygens (including phenoxy) is 2. The van der Waals surface area contributed by atoms with Gasteiger partial charge >= 0.3 is 0 Å². The van der Waals surface area contributed by atoms with Crippen LogP contribution in [0.5, 0.6) is 11.5 Å². The van der Waals surface area contributed by atoms with Gasteiger partial charge in [0.15, 0.2) is 11.5 Å². The third kappa shape index (κ3) is 1.78. The summed E-state index contributed by atoms with van der Waals surface area (Å²) in [5, 5.41) is 0. The molecular formula is C15H14N2O3. The molecule has 2 aliphatic rings. The molecule has 2 heterocycles. The molecule has 0 radical (unpaired) electrons. The van der Waals surface area contributed by atoms with E-state index in [1.807, 2.05) is 18.2 Å². The summed E-state index contributed by atoms with van der Waals surface area (Å²) in [7, 11) is 0. The maximum absolute atomic E-state index is 12.1. The molecule has 1 N–H and O–H groups in total. The van der Waals surface area contributed by atoms with Crippen LogP contribution in [0.2, 0.25) is 0 Å². The molecule has 0 atom stereocenters. The molecule has 2 aromatic rings. The van der Waals surface area contributed by atoms with Gasteiger partial charge in [-0.2, -0.15) is 0 Å². The zero-order chi connectivity index (χ0) is 13.5. The van der Waals surface area contributed by atoms with Gasteiger partial charge in [0.05, 0.1) is 5.69 Å². The van der Waals surface area contributed by atoms with Crippen molar-refractivity contribution in [3.05, 3.63) is 39.8 Å². The molecule has 0 saturated carbocycles. The molecule has 0 saturated heterocycles. The summed E-state index contributed by atoms with van der Waals surface area (Å²) in [5.41, 5.74) is 2.62. The molecule has 0 fully saturated rings. The second kappa shape index (κ2) is 4.37. The Morgan fingerprint density at radius 3 is 2.90 bits per heavy atom. The van der Waals surface area contributed by atoms with Gasteiger partial charge in [-0.05, 0) is 43.9 Å². The Kier molecular flexibility index (Phi) is 2.52. The number of rotatable bonds is 1. The van der Waals surface area contributed by atoms with Crippen LogP contribution in [0.4, 0.5) is 0 Å². The van der Waals surface area contributed by atoms with E-state index < -0.39 is 0 Å². The molecule has 0 spiro atoms. The van der Waals surface area contributed by atoms with E-state index in [-0.39, 0.29) is 12.4 Å². The van der Waals surface area contributed by atoms with Crippen molar-refractivity contribution < 1.29 is 9.47 Å². The third-order valence-corrected chi connectivity index (χ3v) is 3.84. The van der Waals surface area contributed by atoms with Crippen LogP contribution < -0.4 is 15.0 Å². The van der Waals surface area contributed by atoms with Crippen LogP contribution in [0.3, 0.4) is 0 Å². The Balaban J connectivity index is 1.82. The smallest absolute Gasteiger partial charge is 0.254 e. The molecule has 4 rings (SSSR count). The number of nitrogens with one attached hydrogen (secondary N) is 1. The highest BCUT2D eigenvalue weighted by Crippen LogP contribution is 2.35. The third-order valence-electron chi connectivity index (χ3n) is 3.84.